The molecule has 2 rings (SSSR count). The summed E-state index contributed by atoms with van der Waals surface area (Å²) in [6, 6.07) is 9.87. The van der Waals surface area contributed by atoms with Crippen LogP contribution in [0.2, 0.25) is 10.0 Å². The van der Waals surface area contributed by atoms with E-state index in [1.807, 2.05) is 0 Å². The Hall–Kier alpha value is -1.80. The number of hydrogen-bond acceptors (Lipinski definition) is 4. The highest BCUT2D eigenvalue weighted by molar-refractivity contribution is 7.89. The zero-order chi connectivity index (χ0) is 19.3. The Morgan fingerprint density at radius 3 is 2.54 bits per heavy atom. The zero-order valence-electron chi connectivity index (χ0n) is 14.1. The number of carbonyl (C=O) groups excluding carboxylic acids is 1. The number of halogens is 2. The molecule has 0 fully saturated rings. The van der Waals surface area contributed by atoms with Crippen molar-refractivity contribution < 1.29 is 17.9 Å². The second-order valence-electron chi connectivity index (χ2n) is 5.34. The minimum Gasteiger partial charge on any atom is -0.492 e. The molecule has 140 valence electrons. The Morgan fingerprint density at radius 2 is 1.88 bits per heavy atom. The van der Waals surface area contributed by atoms with E-state index in [9.17, 15) is 13.2 Å². The van der Waals surface area contributed by atoms with Crippen LogP contribution in [0.1, 0.15) is 13.8 Å². The number of ether oxygens (including phenoxy) is 1. The van der Waals surface area contributed by atoms with Crippen molar-refractivity contribution in [2.45, 2.75) is 24.8 Å². The lowest BCUT2D eigenvalue weighted by Crippen LogP contribution is -2.41. The average Bonchev–Trinajstić information content (AvgIpc) is 2.58. The first-order chi connectivity index (χ1) is 12.2. The fourth-order valence-electron chi connectivity index (χ4n) is 2.12. The van der Waals surface area contributed by atoms with Crippen LogP contribution in [-0.4, -0.2) is 27.0 Å². The first kappa shape index (κ1) is 20.5. The van der Waals surface area contributed by atoms with E-state index in [2.05, 4.69) is 10.0 Å². The van der Waals surface area contributed by atoms with E-state index in [0.29, 0.717) is 10.7 Å². The summed E-state index contributed by atoms with van der Waals surface area (Å²) in [6.07, 6.45) is 0. The molecule has 2 N–H and O–H groups in total. The summed E-state index contributed by atoms with van der Waals surface area (Å²) in [6.45, 7) is 3.44. The third-order valence-electron chi connectivity index (χ3n) is 3.35. The molecule has 0 bridgehead atoms. The van der Waals surface area contributed by atoms with E-state index in [4.69, 9.17) is 27.9 Å². The molecule has 0 aliphatic rings. The quantitative estimate of drug-likeness (QED) is 0.720. The molecule has 0 heterocycles. The number of benzene rings is 2. The van der Waals surface area contributed by atoms with Crippen molar-refractivity contribution >= 4 is 44.8 Å². The molecule has 0 spiro atoms. The van der Waals surface area contributed by atoms with Crippen LogP contribution in [0, 0.1) is 0 Å². The molecule has 1 atom stereocenters. The van der Waals surface area contributed by atoms with Crippen LogP contribution >= 0.6 is 23.2 Å². The molecule has 26 heavy (non-hydrogen) atoms. The van der Waals surface area contributed by atoms with Gasteiger partial charge < -0.3 is 10.1 Å². The molecule has 0 radical (unpaired) electrons. The lowest BCUT2D eigenvalue weighted by atomic mass is 10.3. The minimum absolute atomic E-state index is 0.135. The number of sulfonamides is 1. The molecule has 0 aliphatic heterocycles. The molecule has 2 aromatic carbocycles. The Labute approximate surface area is 162 Å². The Kier molecular flexibility index (Phi) is 6.88. The SMILES string of the molecule is CCOc1ccc(Cl)cc1S(=O)(=O)NC(C)C(=O)Nc1ccccc1Cl. The average molecular weight is 417 g/mol. The Morgan fingerprint density at radius 1 is 1.19 bits per heavy atom. The highest BCUT2D eigenvalue weighted by atomic mass is 35.5. The van der Waals surface area contributed by atoms with Gasteiger partial charge in [-0.1, -0.05) is 35.3 Å². The van der Waals surface area contributed by atoms with Crippen molar-refractivity contribution in [1.29, 1.82) is 0 Å². The summed E-state index contributed by atoms with van der Waals surface area (Å²) in [5, 5.41) is 3.17. The maximum atomic E-state index is 12.7. The molecule has 6 nitrogen and oxygen atoms in total. The Balaban J connectivity index is 2.19. The lowest BCUT2D eigenvalue weighted by molar-refractivity contribution is -0.117. The summed E-state index contributed by atoms with van der Waals surface area (Å²) in [5.41, 5.74) is 0.392. The van der Waals surface area contributed by atoms with Crippen LogP contribution < -0.4 is 14.8 Å². The lowest BCUT2D eigenvalue weighted by Gasteiger charge is -2.17. The van der Waals surface area contributed by atoms with Gasteiger partial charge in [0, 0.05) is 5.02 Å². The second kappa shape index (κ2) is 8.73. The zero-order valence-corrected chi connectivity index (χ0v) is 16.5. The topological polar surface area (TPSA) is 84.5 Å². The van der Waals surface area contributed by atoms with Gasteiger partial charge >= 0.3 is 0 Å². The smallest absolute Gasteiger partial charge is 0.245 e. The van der Waals surface area contributed by atoms with Gasteiger partial charge in [-0.05, 0) is 44.2 Å². The maximum Gasteiger partial charge on any atom is 0.245 e. The second-order valence-corrected chi connectivity index (χ2v) is 7.86. The molecule has 0 saturated carbocycles. The monoisotopic (exact) mass is 416 g/mol. The van der Waals surface area contributed by atoms with E-state index in [1.54, 1.807) is 31.2 Å². The number of amides is 1. The van der Waals surface area contributed by atoms with Crippen molar-refractivity contribution in [1.82, 2.24) is 4.72 Å². The molecule has 2 aromatic rings. The normalized spacial score (nSPS) is 12.5. The molecule has 0 aromatic heterocycles. The fraction of sp³-hybridized carbons (Fsp3) is 0.235. The number of carbonyl (C=O) groups is 1. The Bertz CT molecular complexity index is 903. The van der Waals surface area contributed by atoms with Gasteiger partial charge in [-0.15, -0.1) is 0 Å². The first-order valence-electron chi connectivity index (χ1n) is 7.74. The fourth-order valence-corrected chi connectivity index (χ4v) is 3.91. The standard InChI is InChI=1S/C17H18Cl2N2O4S/c1-3-25-15-9-8-12(18)10-16(15)26(23,24)21-11(2)17(22)20-14-7-5-4-6-13(14)19/h4-11,21H,3H2,1-2H3,(H,20,22). The third-order valence-corrected chi connectivity index (χ3v) is 5.48. The van der Waals surface area contributed by atoms with Crippen molar-refractivity contribution in [3.63, 3.8) is 0 Å². The molecule has 0 saturated heterocycles. The first-order valence-corrected chi connectivity index (χ1v) is 9.98. The van der Waals surface area contributed by atoms with Gasteiger partial charge in [-0.3, -0.25) is 4.79 Å². The van der Waals surface area contributed by atoms with Gasteiger partial charge in [0.25, 0.3) is 0 Å². The van der Waals surface area contributed by atoms with Gasteiger partial charge in [-0.25, -0.2) is 8.42 Å². The van der Waals surface area contributed by atoms with E-state index in [1.165, 1.54) is 25.1 Å². The molecule has 9 heteroatoms. The van der Waals surface area contributed by atoms with Crippen molar-refractivity contribution in [2.75, 3.05) is 11.9 Å². The molecule has 1 unspecified atom stereocenters. The molecular weight excluding hydrogens is 399 g/mol. The number of hydrogen-bond donors (Lipinski definition) is 2. The van der Waals surface area contributed by atoms with E-state index >= 15 is 0 Å². The maximum absolute atomic E-state index is 12.7. The van der Waals surface area contributed by atoms with Crippen LogP contribution in [0.3, 0.4) is 0 Å². The largest absolute Gasteiger partial charge is 0.492 e. The number of anilines is 1. The summed E-state index contributed by atoms with van der Waals surface area (Å²) >= 11 is 11.9. The van der Waals surface area contributed by atoms with Crippen LogP contribution in [0.5, 0.6) is 5.75 Å². The minimum atomic E-state index is -4.04. The number of para-hydroxylation sites is 1. The third kappa shape index (κ3) is 5.11. The van der Waals surface area contributed by atoms with Gasteiger partial charge in [-0.2, -0.15) is 4.72 Å². The highest BCUT2D eigenvalue weighted by Gasteiger charge is 2.25. The highest BCUT2D eigenvalue weighted by Crippen LogP contribution is 2.27. The molecular formula is C17H18Cl2N2O4S. The molecule has 0 aliphatic carbocycles. The van der Waals surface area contributed by atoms with Crippen molar-refractivity contribution in [3.05, 3.63) is 52.5 Å². The van der Waals surface area contributed by atoms with E-state index in [0.717, 1.165) is 0 Å². The summed E-state index contributed by atoms with van der Waals surface area (Å²) in [4.78, 5) is 12.2. The van der Waals surface area contributed by atoms with E-state index < -0.39 is 22.0 Å². The van der Waals surface area contributed by atoms with Crippen molar-refractivity contribution in [2.24, 2.45) is 0 Å². The van der Waals surface area contributed by atoms with Gasteiger partial charge in [0.1, 0.15) is 10.6 Å². The van der Waals surface area contributed by atoms with Crippen LogP contribution in [0.4, 0.5) is 5.69 Å². The van der Waals surface area contributed by atoms with Gasteiger partial charge in [0.05, 0.1) is 23.4 Å². The van der Waals surface area contributed by atoms with E-state index in [-0.39, 0.29) is 22.3 Å². The van der Waals surface area contributed by atoms with Gasteiger partial charge in [0.15, 0.2) is 0 Å². The molecule has 1 amide bonds. The van der Waals surface area contributed by atoms with Crippen LogP contribution in [-0.2, 0) is 14.8 Å². The predicted octanol–water partition coefficient (Wildman–Crippen LogP) is 3.70. The van der Waals surface area contributed by atoms with Gasteiger partial charge in [0.2, 0.25) is 15.9 Å². The number of rotatable bonds is 7. The van der Waals surface area contributed by atoms with Crippen molar-refractivity contribution in [3.8, 4) is 5.75 Å². The van der Waals surface area contributed by atoms with Crippen LogP contribution in [0.15, 0.2) is 47.4 Å². The number of nitrogens with one attached hydrogen (secondary N) is 2. The predicted molar refractivity (Wildman–Crippen MR) is 102 cm³/mol. The van der Waals surface area contributed by atoms with Crippen LogP contribution in [0.25, 0.3) is 0 Å². The summed E-state index contributed by atoms with van der Waals surface area (Å²) in [5.74, 6) is -0.398. The summed E-state index contributed by atoms with van der Waals surface area (Å²) < 4.78 is 33.0. The summed E-state index contributed by atoms with van der Waals surface area (Å²) in [7, 11) is -4.04.